The predicted octanol–water partition coefficient (Wildman–Crippen LogP) is 3.37. The summed E-state index contributed by atoms with van der Waals surface area (Å²) in [6, 6.07) is 7.96. The highest BCUT2D eigenvalue weighted by Crippen LogP contribution is 2.22. The quantitative estimate of drug-likeness (QED) is 0.879. The van der Waals surface area contributed by atoms with E-state index in [2.05, 4.69) is 10.3 Å². The topological polar surface area (TPSA) is 71.5 Å². The number of nitrogens with zero attached hydrogens (tertiary/aromatic N) is 1. The minimum atomic E-state index is -0.506. The van der Waals surface area contributed by atoms with Gasteiger partial charge in [-0.3, -0.25) is 0 Å². The van der Waals surface area contributed by atoms with Crippen molar-refractivity contribution in [1.29, 1.82) is 0 Å². The zero-order valence-corrected chi connectivity index (χ0v) is 14.4. The minimum absolute atomic E-state index is 0.149. The van der Waals surface area contributed by atoms with Gasteiger partial charge in [-0.25, -0.2) is 9.78 Å². The maximum Gasteiger partial charge on any atom is 0.408 e. The van der Waals surface area contributed by atoms with Crippen LogP contribution in [0.3, 0.4) is 0 Å². The molecule has 1 aromatic heterocycles. The molecule has 0 fully saturated rings. The summed E-state index contributed by atoms with van der Waals surface area (Å²) in [7, 11) is 0. The highest BCUT2D eigenvalue weighted by atomic mass is 32.1. The summed E-state index contributed by atoms with van der Waals surface area (Å²) in [4.78, 5) is 16.2. The molecule has 0 saturated heterocycles. The van der Waals surface area contributed by atoms with Crippen molar-refractivity contribution in [3.05, 3.63) is 40.2 Å². The number of rotatable bonds is 5. The molecule has 0 aliphatic carbocycles. The van der Waals surface area contributed by atoms with Crippen molar-refractivity contribution in [2.45, 2.75) is 39.3 Å². The summed E-state index contributed by atoms with van der Waals surface area (Å²) in [5, 5.41) is 14.4. The average molecular weight is 334 g/mol. The molecular formula is C17H22N2O3S. The van der Waals surface area contributed by atoms with Gasteiger partial charge < -0.3 is 15.2 Å². The molecule has 6 heteroatoms. The van der Waals surface area contributed by atoms with E-state index in [9.17, 15) is 4.79 Å². The molecule has 0 aliphatic heterocycles. The van der Waals surface area contributed by atoms with Crippen molar-refractivity contribution in [3.8, 4) is 11.3 Å². The maximum absolute atomic E-state index is 11.6. The number of thiazole rings is 1. The molecule has 0 radical (unpaired) electrons. The van der Waals surface area contributed by atoms with E-state index in [1.54, 1.807) is 0 Å². The summed E-state index contributed by atoms with van der Waals surface area (Å²) >= 11 is 1.50. The van der Waals surface area contributed by atoms with Gasteiger partial charge in [-0.05, 0) is 32.8 Å². The summed E-state index contributed by atoms with van der Waals surface area (Å²) in [6.07, 6.45) is 0.213. The Bertz CT molecular complexity index is 645. The number of benzene rings is 1. The Labute approximate surface area is 140 Å². The van der Waals surface area contributed by atoms with Crippen LogP contribution in [0.25, 0.3) is 11.3 Å². The van der Waals surface area contributed by atoms with Gasteiger partial charge >= 0.3 is 6.09 Å². The van der Waals surface area contributed by atoms with E-state index in [-0.39, 0.29) is 6.61 Å². The van der Waals surface area contributed by atoms with Crippen molar-refractivity contribution in [2.75, 3.05) is 6.61 Å². The molecule has 0 bridgehead atoms. The number of hydrogen-bond donors (Lipinski definition) is 2. The number of aliphatic hydroxyl groups excluding tert-OH is 1. The minimum Gasteiger partial charge on any atom is -0.444 e. The zero-order chi connectivity index (χ0) is 16.9. The molecule has 5 nitrogen and oxygen atoms in total. The summed E-state index contributed by atoms with van der Waals surface area (Å²) in [5.41, 5.74) is 2.49. The lowest BCUT2D eigenvalue weighted by Crippen LogP contribution is -2.32. The molecule has 1 heterocycles. The van der Waals surface area contributed by atoms with Gasteiger partial charge in [-0.1, -0.05) is 24.3 Å². The van der Waals surface area contributed by atoms with E-state index in [1.165, 1.54) is 11.3 Å². The fourth-order valence-corrected chi connectivity index (χ4v) is 2.70. The number of nitrogens with one attached hydrogen (secondary N) is 1. The molecule has 0 saturated carbocycles. The molecule has 23 heavy (non-hydrogen) atoms. The first-order valence-electron chi connectivity index (χ1n) is 7.49. The number of hydrogen-bond acceptors (Lipinski definition) is 5. The molecule has 0 atom stereocenters. The third kappa shape index (κ3) is 5.65. The van der Waals surface area contributed by atoms with E-state index < -0.39 is 11.7 Å². The molecule has 2 N–H and O–H groups in total. The zero-order valence-electron chi connectivity index (χ0n) is 13.6. The molecule has 2 rings (SSSR count). The van der Waals surface area contributed by atoms with Gasteiger partial charge in [0.25, 0.3) is 0 Å². The van der Waals surface area contributed by atoms with Gasteiger partial charge in [0.05, 0.1) is 12.2 Å². The first-order valence-corrected chi connectivity index (χ1v) is 8.37. The van der Waals surface area contributed by atoms with Crippen molar-refractivity contribution < 1.29 is 14.6 Å². The smallest absolute Gasteiger partial charge is 0.408 e. The van der Waals surface area contributed by atoms with E-state index in [4.69, 9.17) is 9.84 Å². The van der Waals surface area contributed by atoms with Crippen molar-refractivity contribution in [2.24, 2.45) is 0 Å². The van der Waals surface area contributed by atoms with Crippen LogP contribution in [0, 0.1) is 0 Å². The fraction of sp³-hybridized carbons (Fsp3) is 0.412. The Morgan fingerprint density at radius 3 is 2.61 bits per heavy atom. The van der Waals surface area contributed by atoms with E-state index in [0.29, 0.717) is 13.0 Å². The van der Waals surface area contributed by atoms with Gasteiger partial charge in [0.15, 0.2) is 0 Å². The van der Waals surface area contributed by atoms with Crippen LogP contribution >= 0.6 is 11.3 Å². The Balaban J connectivity index is 1.94. The highest BCUT2D eigenvalue weighted by molar-refractivity contribution is 7.09. The van der Waals surface area contributed by atoms with Crippen LogP contribution in [-0.2, 0) is 17.7 Å². The molecule has 0 aliphatic rings. The largest absolute Gasteiger partial charge is 0.444 e. The second-order valence-corrected chi connectivity index (χ2v) is 7.10. The third-order valence-corrected chi connectivity index (χ3v) is 3.83. The third-order valence-electron chi connectivity index (χ3n) is 2.98. The summed E-state index contributed by atoms with van der Waals surface area (Å²) < 4.78 is 5.19. The number of aliphatic hydroxyl groups is 1. The van der Waals surface area contributed by atoms with Gasteiger partial charge in [0.1, 0.15) is 10.6 Å². The van der Waals surface area contributed by atoms with Crippen LogP contribution < -0.4 is 5.32 Å². The Hall–Kier alpha value is -1.92. The van der Waals surface area contributed by atoms with Crippen LogP contribution in [0.5, 0.6) is 0 Å². The van der Waals surface area contributed by atoms with E-state index in [0.717, 1.165) is 21.8 Å². The van der Waals surface area contributed by atoms with Crippen LogP contribution in [-0.4, -0.2) is 28.4 Å². The maximum atomic E-state index is 11.6. The van der Waals surface area contributed by atoms with Crippen LogP contribution in [0.15, 0.2) is 29.6 Å². The van der Waals surface area contributed by atoms with Crippen molar-refractivity contribution >= 4 is 17.4 Å². The normalized spacial score (nSPS) is 11.3. The number of carbonyl (C=O) groups excluding carboxylic acids is 1. The van der Waals surface area contributed by atoms with E-state index >= 15 is 0 Å². The first-order chi connectivity index (χ1) is 10.9. The average Bonchev–Trinajstić information content (AvgIpc) is 2.93. The molecule has 2 aromatic rings. The molecular weight excluding hydrogens is 312 g/mol. The number of alkyl carbamates (subject to hydrolysis) is 1. The fourth-order valence-electron chi connectivity index (χ4n) is 1.96. The van der Waals surface area contributed by atoms with Crippen LogP contribution in [0.2, 0.25) is 0 Å². The Morgan fingerprint density at radius 2 is 2.00 bits per heavy atom. The monoisotopic (exact) mass is 334 g/mol. The van der Waals surface area contributed by atoms with Gasteiger partial charge in [-0.2, -0.15) is 0 Å². The number of amides is 1. The standard InChI is InChI=1S/C17H22N2O3S/c1-17(2,3)22-16(21)18-10-15-19-14(11-23-15)13-6-4-12(5-7-13)8-9-20/h4-7,11,20H,8-10H2,1-3H3,(H,18,21). The van der Waals surface area contributed by atoms with Crippen molar-refractivity contribution in [3.63, 3.8) is 0 Å². The molecule has 0 spiro atoms. The number of aromatic nitrogens is 1. The lowest BCUT2D eigenvalue weighted by molar-refractivity contribution is 0.0523. The molecule has 1 amide bonds. The van der Waals surface area contributed by atoms with Gasteiger partial charge in [0, 0.05) is 17.6 Å². The molecule has 0 unspecified atom stereocenters. The Kier molecular flexibility index (Phi) is 5.74. The predicted molar refractivity (Wildman–Crippen MR) is 91.4 cm³/mol. The summed E-state index contributed by atoms with van der Waals surface area (Å²) in [6.45, 7) is 5.98. The number of ether oxygens (including phenoxy) is 1. The van der Waals surface area contributed by atoms with Gasteiger partial charge in [0.2, 0.25) is 0 Å². The highest BCUT2D eigenvalue weighted by Gasteiger charge is 2.16. The molecule has 1 aromatic carbocycles. The first kappa shape index (κ1) is 17.4. The van der Waals surface area contributed by atoms with Crippen LogP contribution in [0.4, 0.5) is 4.79 Å². The second kappa shape index (κ2) is 7.57. The molecule has 124 valence electrons. The van der Waals surface area contributed by atoms with Crippen LogP contribution in [0.1, 0.15) is 31.3 Å². The van der Waals surface area contributed by atoms with Crippen molar-refractivity contribution in [1.82, 2.24) is 10.3 Å². The second-order valence-electron chi connectivity index (χ2n) is 6.15. The Morgan fingerprint density at radius 1 is 1.30 bits per heavy atom. The lowest BCUT2D eigenvalue weighted by atomic mass is 10.1. The van der Waals surface area contributed by atoms with Gasteiger partial charge in [-0.15, -0.1) is 11.3 Å². The SMILES string of the molecule is CC(C)(C)OC(=O)NCc1nc(-c2ccc(CCO)cc2)cs1. The summed E-state index contributed by atoms with van der Waals surface area (Å²) in [5.74, 6) is 0. The number of carbonyl (C=O) groups is 1. The lowest BCUT2D eigenvalue weighted by Gasteiger charge is -2.19. The van der Waals surface area contributed by atoms with E-state index in [1.807, 2.05) is 50.4 Å².